The van der Waals surface area contributed by atoms with Crippen LogP contribution in [0.2, 0.25) is 0 Å². The van der Waals surface area contributed by atoms with Crippen LogP contribution in [-0.4, -0.2) is 9.97 Å². The van der Waals surface area contributed by atoms with Crippen LogP contribution in [0, 0.1) is 23.0 Å². The van der Waals surface area contributed by atoms with Gasteiger partial charge in [0.15, 0.2) is 0 Å². The van der Waals surface area contributed by atoms with Gasteiger partial charge in [-0.15, -0.1) is 0 Å². The Bertz CT molecular complexity index is 923. The van der Waals surface area contributed by atoms with Gasteiger partial charge in [0.25, 0.3) is 0 Å². The van der Waals surface area contributed by atoms with Gasteiger partial charge in [0.1, 0.15) is 11.6 Å². The number of rotatable bonds is 7. The summed E-state index contributed by atoms with van der Waals surface area (Å²) in [5, 5.41) is 10.0. The highest BCUT2D eigenvalue weighted by Gasteiger charge is 2.35. The Hall–Kier alpha value is -3.13. The van der Waals surface area contributed by atoms with Gasteiger partial charge in [-0.25, -0.2) is 8.78 Å². The molecule has 0 radical (unpaired) electrons. The van der Waals surface area contributed by atoms with Crippen molar-refractivity contribution in [2.24, 2.45) is 0 Å². The molecule has 3 nitrogen and oxygen atoms in total. The summed E-state index contributed by atoms with van der Waals surface area (Å²) in [6.07, 6.45) is 8.98. The minimum absolute atomic E-state index is 0.227. The fourth-order valence-electron chi connectivity index (χ4n) is 3.35. The van der Waals surface area contributed by atoms with E-state index in [1.807, 2.05) is 18.2 Å². The number of nitrogens with zero attached hydrogens (tertiary/aromatic N) is 3. The molecule has 0 aliphatic rings. The van der Waals surface area contributed by atoms with Gasteiger partial charge in [0, 0.05) is 36.4 Å². The molecule has 2 heterocycles. The topological polar surface area (TPSA) is 49.6 Å². The zero-order valence-corrected chi connectivity index (χ0v) is 14.8. The first-order valence-corrected chi connectivity index (χ1v) is 8.77. The average Bonchev–Trinajstić information content (AvgIpc) is 2.69. The highest BCUT2D eigenvalue weighted by atomic mass is 19.1. The first kappa shape index (κ1) is 18.7. The molecular weight excluding hydrogens is 344 g/mol. The second kappa shape index (κ2) is 8.50. The third-order valence-electron chi connectivity index (χ3n) is 4.71. The van der Waals surface area contributed by atoms with Crippen molar-refractivity contribution in [3.8, 4) is 6.07 Å². The number of nitriles is 1. The molecule has 0 saturated carbocycles. The van der Waals surface area contributed by atoms with Gasteiger partial charge < -0.3 is 0 Å². The lowest BCUT2D eigenvalue weighted by Gasteiger charge is -2.28. The molecule has 0 saturated heterocycles. The zero-order valence-electron chi connectivity index (χ0n) is 14.8. The summed E-state index contributed by atoms with van der Waals surface area (Å²) in [5.41, 5.74) is 1.09. The Morgan fingerprint density at radius 1 is 0.963 bits per heavy atom. The quantitative estimate of drug-likeness (QED) is 0.607. The number of pyridine rings is 2. The molecule has 2 aromatic heterocycles. The van der Waals surface area contributed by atoms with Gasteiger partial charge in [0.2, 0.25) is 0 Å². The van der Waals surface area contributed by atoms with Gasteiger partial charge >= 0.3 is 0 Å². The fourth-order valence-corrected chi connectivity index (χ4v) is 3.35. The van der Waals surface area contributed by atoms with Crippen LogP contribution in [0.4, 0.5) is 8.78 Å². The van der Waals surface area contributed by atoms with Crippen molar-refractivity contribution in [1.82, 2.24) is 9.97 Å². The number of halogens is 2. The van der Waals surface area contributed by atoms with E-state index in [-0.39, 0.29) is 5.56 Å². The SMILES string of the molecule is N#CC(CCCc1ccncc1)(Cc1cccnc1)c1ccc(F)cc1F. The van der Waals surface area contributed by atoms with E-state index >= 15 is 0 Å². The number of aryl methyl sites for hydroxylation is 1. The third-order valence-corrected chi connectivity index (χ3v) is 4.71. The summed E-state index contributed by atoms with van der Waals surface area (Å²) >= 11 is 0. The second-order valence-electron chi connectivity index (χ2n) is 6.57. The molecule has 27 heavy (non-hydrogen) atoms. The molecule has 0 aliphatic heterocycles. The molecule has 0 amide bonds. The van der Waals surface area contributed by atoms with Crippen LogP contribution >= 0.6 is 0 Å². The third kappa shape index (κ3) is 4.53. The van der Waals surface area contributed by atoms with Gasteiger partial charge in [-0.3, -0.25) is 9.97 Å². The molecule has 1 aromatic carbocycles. The molecule has 0 aliphatic carbocycles. The number of hydrogen-bond donors (Lipinski definition) is 0. The lowest BCUT2D eigenvalue weighted by Crippen LogP contribution is -2.29. The summed E-state index contributed by atoms with van der Waals surface area (Å²) in [6.45, 7) is 0. The highest BCUT2D eigenvalue weighted by Crippen LogP contribution is 2.35. The van der Waals surface area contributed by atoms with Crippen molar-refractivity contribution < 1.29 is 8.78 Å². The maximum absolute atomic E-state index is 14.6. The minimum Gasteiger partial charge on any atom is -0.265 e. The van der Waals surface area contributed by atoms with Gasteiger partial charge in [-0.2, -0.15) is 5.26 Å². The Balaban J connectivity index is 1.90. The molecule has 0 fully saturated rings. The summed E-state index contributed by atoms with van der Waals surface area (Å²) in [7, 11) is 0. The molecule has 0 bridgehead atoms. The van der Waals surface area contributed by atoms with E-state index < -0.39 is 17.0 Å². The van der Waals surface area contributed by atoms with E-state index in [0.717, 1.165) is 23.6 Å². The molecule has 3 aromatic rings. The lowest BCUT2D eigenvalue weighted by atomic mass is 9.73. The fraction of sp³-hybridized carbons (Fsp3) is 0.227. The first-order valence-electron chi connectivity index (χ1n) is 8.77. The average molecular weight is 363 g/mol. The van der Waals surface area contributed by atoms with Crippen LogP contribution in [0.25, 0.3) is 0 Å². The Morgan fingerprint density at radius 3 is 2.44 bits per heavy atom. The second-order valence-corrected chi connectivity index (χ2v) is 6.57. The zero-order chi connectivity index (χ0) is 19.1. The van der Waals surface area contributed by atoms with Crippen LogP contribution in [0.5, 0.6) is 0 Å². The van der Waals surface area contributed by atoms with Gasteiger partial charge in [-0.1, -0.05) is 12.1 Å². The highest BCUT2D eigenvalue weighted by molar-refractivity contribution is 5.37. The van der Waals surface area contributed by atoms with Crippen LogP contribution in [0.3, 0.4) is 0 Å². The van der Waals surface area contributed by atoms with Crippen molar-refractivity contribution in [3.63, 3.8) is 0 Å². The number of aromatic nitrogens is 2. The molecular formula is C22H19F2N3. The molecule has 1 atom stereocenters. The van der Waals surface area contributed by atoms with E-state index in [4.69, 9.17) is 0 Å². The first-order chi connectivity index (χ1) is 13.1. The molecule has 1 unspecified atom stereocenters. The maximum Gasteiger partial charge on any atom is 0.130 e. The Kier molecular flexibility index (Phi) is 5.87. The van der Waals surface area contributed by atoms with E-state index in [9.17, 15) is 14.0 Å². The van der Waals surface area contributed by atoms with Crippen molar-refractivity contribution in [1.29, 1.82) is 5.26 Å². The number of hydrogen-bond acceptors (Lipinski definition) is 3. The predicted molar refractivity (Wildman–Crippen MR) is 98.8 cm³/mol. The van der Waals surface area contributed by atoms with E-state index in [1.54, 1.807) is 30.9 Å². The van der Waals surface area contributed by atoms with Crippen LogP contribution in [0.15, 0.2) is 67.3 Å². The standard InChI is InChI=1S/C22H19F2N3/c23-19-5-6-20(21(24)13-19)22(16-25,14-18-4-2-10-27-15-18)9-1-3-17-7-11-26-12-8-17/h2,4-8,10-13,15H,1,3,9,14H2. The normalized spacial score (nSPS) is 12.9. The van der Waals surface area contributed by atoms with Crippen molar-refractivity contribution in [3.05, 3.63) is 95.6 Å². The Morgan fingerprint density at radius 2 is 1.78 bits per heavy atom. The number of benzene rings is 1. The van der Waals surface area contributed by atoms with Gasteiger partial charge in [0.05, 0.1) is 11.5 Å². The van der Waals surface area contributed by atoms with E-state index in [1.165, 1.54) is 12.1 Å². The summed E-state index contributed by atoms with van der Waals surface area (Å²) in [4.78, 5) is 8.09. The lowest BCUT2D eigenvalue weighted by molar-refractivity contribution is 0.449. The van der Waals surface area contributed by atoms with E-state index in [2.05, 4.69) is 16.0 Å². The minimum atomic E-state index is -1.09. The van der Waals surface area contributed by atoms with Crippen molar-refractivity contribution in [2.75, 3.05) is 0 Å². The summed E-state index contributed by atoms with van der Waals surface area (Å²) in [5.74, 6) is -1.34. The van der Waals surface area contributed by atoms with Crippen LogP contribution in [-0.2, 0) is 18.3 Å². The van der Waals surface area contributed by atoms with Gasteiger partial charge in [-0.05, 0) is 61.1 Å². The smallest absolute Gasteiger partial charge is 0.130 e. The molecule has 0 spiro atoms. The monoisotopic (exact) mass is 363 g/mol. The maximum atomic E-state index is 14.6. The summed E-state index contributed by atoms with van der Waals surface area (Å²) in [6, 6.07) is 13.3. The predicted octanol–water partition coefficient (Wildman–Crippen LogP) is 4.78. The molecule has 5 heteroatoms. The Labute approximate surface area is 157 Å². The van der Waals surface area contributed by atoms with Crippen LogP contribution < -0.4 is 0 Å². The van der Waals surface area contributed by atoms with Crippen molar-refractivity contribution >= 4 is 0 Å². The molecule has 3 rings (SSSR count). The molecule has 0 N–H and O–H groups in total. The van der Waals surface area contributed by atoms with E-state index in [0.29, 0.717) is 19.3 Å². The van der Waals surface area contributed by atoms with Crippen molar-refractivity contribution in [2.45, 2.75) is 31.1 Å². The largest absolute Gasteiger partial charge is 0.265 e. The van der Waals surface area contributed by atoms with Crippen LogP contribution in [0.1, 0.15) is 29.5 Å². The molecule has 136 valence electrons. The summed E-state index contributed by atoms with van der Waals surface area (Å²) < 4.78 is 28.0.